The Morgan fingerprint density at radius 3 is 2.52 bits per heavy atom. The molecule has 0 saturated heterocycles. The van der Waals surface area contributed by atoms with Crippen molar-refractivity contribution in [1.82, 2.24) is 4.90 Å². The third kappa shape index (κ3) is 5.19. The molecule has 0 saturated carbocycles. The number of nitrogens with zero attached hydrogens (tertiary/aromatic N) is 1. The molecule has 0 aliphatic rings. The largest absolute Gasteiger partial charge is 0.484 e. The third-order valence-corrected chi connectivity index (χ3v) is 4.46. The number of carbonyl (C=O) groups is 2. The van der Waals surface area contributed by atoms with E-state index >= 15 is 0 Å². The van der Waals surface area contributed by atoms with E-state index in [0.29, 0.717) is 18.8 Å². The SMILES string of the molecule is CCN(CC(C)C(=O)OC)C(=O)COc1ccc2cc(Br)ccc2c1. The van der Waals surface area contributed by atoms with Gasteiger partial charge in [-0.1, -0.05) is 35.0 Å². The van der Waals surface area contributed by atoms with Gasteiger partial charge in [-0.25, -0.2) is 0 Å². The van der Waals surface area contributed by atoms with Gasteiger partial charge in [0.2, 0.25) is 0 Å². The van der Waals surface area contributed by atoms with Crippen LogP contribution in [0.2, 0.25) is 0 Å². The van der Waals surface area contributed by atoms with Gasteiger partial charge in [0.25, 0.3) is 5.91 Å². The van der Waals surface area contributed by atoms with Crippen LogP contribution >= 0.6 is 15.9 Å². The molecule has 2 aromatic rings. The Kier molecular flexibility index (Phi) is 6.82. The van der Waals surface area contributed by atoms with Crippen molar-refractivity contribution in [3.63, 3.8) is 0 Å². The van der Waals surface area contributed by atoms with Crippen molar-refractivity contribution in [1.29, 1.82) is 0 Å². The Bertz CT molecular complexity index is 762. The highest BCUT2D eigenvalue weighted by atomic mass is 79.9. The summed E-state index contributed by atoms with van der Waals surface area (Å²) in [5.74, 6) is -0.213. The molecule has 134 valence electrons. The Balaban J connectivity index is 1.98. The molecule has 0 N–H and O–H groups in total. The predicted octanol–water partition coefficient (Wildman–Crippen LogP) is 3.64. The molecule has 2 rings (SSSR count). The van der Waals surface area contributed by atoms with E-state index in [9.17, 15) is 9.59 Å². The zero-order chi connectivity index (χ0) is 18.4. The highest BCUT2D eigenvalue weighted by Crippen LogP contribution is 2.24. The van der Waals surface area contributed by atoms with E-state index in [2.05, 4.69) is 15.9 Å². The van der Waals surface area contributed by atoms with Crippen molar-refractivity contribution in [2.45, 2.75) is 13.8 Å². The lowest BCUT2D eigenvalue weighted by Gasteiger charge is -2.23. The van der Waals surface area contributed by atoms with Crippen LogP contribution in [0.1, 0.15) is 13.8 Å². The summed E-state index contributed by atoms with van der Waals surface area (Å²) in [5, 5.41) is 2.13. The Morgan fingerprint density at radius 2 is 1.84 bits per heavy atom. The first-order valence-electron chi connectivity index (χ1n) is 8.12. The lowest BCUT2D eigenvalue weighted by molar-refractivity contribution is -0.146. The topological polar surface area (TPSA) is 55.8 Å². The molecule has 0 spiro atoms. The molecule has 25 heavy (non-hydrogen) atoms. The summed E-state index contributed by atoms with van der Waals surface area (Å²) >= 11 is 3.45. The first-order chi connectivity index (χ1) is 11.9. The van der Waals surface area contributed by atoms with E-state index in [0.717, 1.165) is 15.2 Å². The second-order valence-electron chi connectivity index (χ2n) is 5.80. The second kappa shape index (κ2) is 8.85. The van der Waals surface area contributed by atoms with Crippen LogP contribution in [0.3, 0.4) is 0 Å². The lowest BCUT2D eigenvalue weighted by Crippen LogP contribution is -2.39. The molecule has 0 radical (unpaired) electrons. The molecule has 0 aliphatic carbocycles. The molecule has 1 amide bonds. The Labute approximate surface area is 156 Å². The van der Waals surface area contributed by atoms with E-state index in [1.807, 2.05) is 43.3 Å². The molecule has 0 bridgehead atoms. The van der Waals surface area contributed by atoms with Gasteiger partial charge in [-0.05, 0) is 42.0 Å². The van der Waals surface area contributed by atoms with Crippen LogP contribution < -0.4 is 4.74 Å². The molecule has 0 aliphatic heterocycles. The van der Waals surface area contributed by atoms with E-state index in [4.69, 9.17) is 9.47 Å². The number of carbonyl (C=O) groups excluding carboxylic acids is 2. The molecule has 0 fully saturated rings. The van der Waals surface area contributed by atoms with Crippen molar-refractivity contribution in [3.05, 3.63) is 40.9 Å². The minimum Gasteiger partial charge on any atom is -0.484 e. The fourth-order valence-corrected chi connectivity index (χ4v) is 2.91. The van der Waals surface area contributed by atoms with Gasteiger partial charge < -0.3 is 14.4 Å². The highest BCUT2D eigenvalue weighted by molar-refractivity contribution is 9.10. The molecule has 2 aromatic carbocycles. The van der Waals surface area contributed by atoms with Gasteiger partial charge in [-0.2, -0.15) is 0 Å². The molecule has 0 aromatic heterocycles. The van der Waals surface area contributed by atoms with Crippen molar-refractivity contribution in [2.24, 2.45) is 5.92 Å². The first-order valence-corrected chi connectivity index (χ1v) is 8.91. The summed E-state index contributed by atoms with van der Waals surface area (Å²) < 4.78 is 11.4. The summed E-state index contributed by atoms with van der Waals surface area (Å²) in [7, 11) is 1.35. The van der Waals surface area contributed by atoms with Gasteiger partial charge in [-0.3, -0.25) is 9.59 Å². The van der Waals surface area contributed by atoms with Crippen molar-refractivity contribution < 1.29 is 19.1 Å². The maximum Gasteiger partial charge on any atom is 0.310 e. The zero-order valence-electron chi connectivity index (χ0n) is 14.6. The normalized spacial score (nSPS) is 11.8. The van der Waals surface area contributed by atoms with Crippen LogP contribution in [0.5, 0.6) is 5.75 Å². The second-order valence-corrected chi connectivity index (χ2v) is 6.71. The van der Waals surface area contributed by atoms with E-state index < -0.39 is 0 Å². The maximum absolute atomic E-state index is 12.3. The molecule has 5 nitrogen and oxygen atoms in total. The number of likely N-dealkylation sites (N-methyl/N-ethyl adjacent to an activating group) is 1. The van der Waals surface area contributed by atoms with Crippen LogP contribution in [0.4, 0.5) is 0 Å². The number of amides is 1. The summed E-state index contributed by atoms with van der Waals surface area (Å²) in [6, 6.07) is 11.7. The van der Waals surface area contributed by atoms with Gasteiger partial charge in [0.15, 0.2) is 6.61 Å². The molecule has 1 atom stereocenters. The molecule has 0 heterocycles. The van der Waals surface area contributed by atoms with Crippen molar-refractivity contribution in [3.8, 4) is 5.75 Å². The third-order valence-electron chi connectivity index (χ3n) is 3.97. The standard InChI is InChI=1S/C19H22BrNO4/c1-4-21(11-13(2)19(23)24-3)18(22)12-25-17-8-6-14-9-16(20)7-5-15(14)10-17/h5-10,13H,4,11-12H2,1-3H3. The van der Waals surface area contributed by atoms with E-state index in [1.54, 1.807) is 11.8 Å². The number of methoxy groups -OCH3 is 1. The van der Waals surface area contributed by atoms with Crippen molar-refractivity contribution in [2.75, 3.05) is 26.8 Å². The fourth-order valence-electron chi connectivity index (χ4n) is 2.53. The average Bonchev–Trinajstić information content (AvgIpc) is 2.62. The van der Waals surface area contributed by atoms with Crippen LogP contribution in [-0.2, 0) is 14.3 Å². The number of hydrogen-bond acceptors (Lipinski definition) is 4. The average molecular weight is 408 g/mol. The number of halogens is 1. The minimum absolute atomic E-state index is 0.0657. The van der Waals surface area contributed by atoms with Gasteiger partial charge >= 0.3 is 5.97 Å². The van der Waals surface area contributed by atoms with Gasteiger partial charge in [0.1, 0.15) is 5.75 Å². The lowest BCUT2D eigenvalue weighted by atomic mass is 10.1. The minimum atomic E-state index is -0.368. The van der Waals surface area contributed by atoms with E-state index in [1.165, 1.54) is 7.11 Å². The summed E-state index contributed by atoms with van der Waals surface area (Å²) in [6.45, 7) is 4.37. The Morgan fingerprint density at radius 1 is 1.16 bits per heavy atom. The number of esters is 1. The highest BCUT2D eigenvalue weighted by Gasteiger charge is 2.20. The fraction of sp³-hybridized carbons (Fsp3) is 0.368. The molecular weight excluding hydrogens is 386 g/mol. The van der Waals surface area contributed by atoms with Crippen LogP contribution in [-0.4, -0.2) is 43.6 Å². The molecule has 6 heteroatoms. The summed E-state index contributed by atoms with van der Waals surface area (Å²) in [5.41, 5.74) is 0. The monoisotopic (exact) mass is 407 g/mol. The number of hydrogen-bond donors (Lipinski definition) is 0. The smallest absolute Gasteiger partial charge is 0.310 e. The van der Waals surface area contributed by atoms with Crippen LogP contribution in [0.15, 0.2) is 40.9 Å². The zero-order valence-corrected chi connectivity index (χ0v) is 16.2. The molecule has 1 unspecified atom stereocenters. The summed E-state index contributed by atoms with van der Waals surface area (Å²) in [4.78, 5) is 25.5. The van der Waals surface area contributed by atoms with Gasteiger partial charge in [0, 0.05) is 17.6 Å². The van der Waals surface area contributed by atoms with E-state index in [-0.39, 0.29) is 24.4 Å². The van der Waals surface area contributed by atoms with Crippen LogP contribution in [0, 0.1) is 5.92 Å². The maximum atomic E-state index is 12.3. The quantitative estimate of drug-likeness (QED) is 0.657. The first kappa shape index (κ1) is 19.2. The number of fused-ring (bicyclic) bond motifs is 1. The van der Waals surface area contributed by atoms with Crippen molar-refractivity contribution >= 4 is 38.6 Å². The predicted molar refractivity (Wildman–Crippen MR) is 101 cm³/mol. The van der Waals surface area contributed by atoms with Crippen LogP contribution in [0.25, 0.3) is 10.8 Å². The summed E-state index contributed by atoms with van der Waals surface area (Å²) in [6.07, 6.45) is 0. The molecular formula is C19H22BrNO4. The number of ether oxygens (including phenoxy) is 2. The Hall–Kier alpha value is -2.08. The van der Waals surface area contributed by atoms with Gasteiger partial charge in [0.05, 0.1) is 13.0 Å². The number of benzene rings is 2. The number of rotatable bonds is 7. The van der Waals surface area contributed by atoms with Gasteiger partial charge in [-0.15, -0.1) is 0 Å².